The molecule has 36 heavy (non-hydrogen) atoms. The van der Waals surface area contributed by atoms with Crippen LogP contribution < -0.4 is 21.3 Å². The quantitative estimate of drug-likeness (QED) is 0.458. The number of oxazole rings is 1. The minimum absolute atomic E-state index is 0.192. The number of aromatic nitrogens is 3. The first-order chi connectivity index (χ1) is 17.6. The molecular formula is C26H30N8O2. The molecule has 4 N–H and O–H groups in total. The molecule has 3 unspecified atom stereocenters. The van der Waals surface area contributed by atoms with E-state index in [0.717, 1.165) is 56.4 Å². The van der Waals surface area contributed by atoms with Crippen LogP contribution in [-0.2, 0) is 0 Å². The Hall–Kier alpha value is -3.97. The minimum atomic E-state index is -0.473. The predicted octanol–water partition coefficient (Wildman–Crippen LogP) is 3.08. The van der Waals surface area contributed by atoms with Gasteiger partial charge in [0.15, 0.2) is 5.76 Å². The molecule has 2 aromatic heterocycles. The Morgan fingerprint density at radius 3 is 2.67 bits per heavy atom. The number of nitrogens with zero attached hydrogens (tertiary/aromatic N) is 5. The van der Waals surface area contributed by atoms with Crippen molar-refractivity contribution in [1.82, 2.24) is 20.3 Å². The normalized spacial score (nSPS) is 22.1. The summed E-state index contributed by atoms with van der Waals surface area (Å²) >= 11 is 0. The van der Waals surface area contributed by atoms with Crippen molar-refractivity contribution in [2.45, 2.75) is 56.7 Å². The zero-order chi connectivity index (χ0) is 24.9. The lowest BCUT2D eigenvalue weighted by Crippen LogP contribution is -2.55. The van der Waals surface area contributed by atoms with E-state index in [9.17, 15) is 4.79 Å². The molecule has 2 aliphatic rings. The number of anilines is 2. The minimum Gasteiger partial charge on any atom is -0.424 e. The zero-order valence-electron chi connectivity index (χ0n) is 20.1. The van der Waals surface area contributed by atoms with Crippen LogP contribution in [0.25, 0.3) is 11.3 Å². The molecule has 3 aromatic rings. The lowest BCUT2D eigenvalue weighted by Gasteiger charge is -2.40. The molecule has 10 heteroatoms. The van der Waals surface area contributed by atoms with Gasteiger partial charge in [-0.3, -0.25) is 4.79 Å². The van der Waals surface area contributed by atoms with E-state index in [1.165, 1.54) is 6.42 Å². The highest BCUT2D eigenvalue weighted by Crippen LogP contribution is 2.28. The summed E-state index contributed by atoms with van der Waals surface area (Å²) < 4.78 is 5.99. The number of nitrogens with one attached hydrogen (secondary N) is 2. The summed E-state index contributed by atoms with van der Waals surface area (Å²) in [5.41, 5.74) is 7.56. The summed E-state index contributed by atoms with van der Waals surface area (Å²) in [4.78, 5) is 26.5. The fourth-order valence-corrected chi connectivity index (χ4v) is 5.15. The molecule has 1 aromatic carbocycles. The van der Waals surface area contributed by atoms with Gasteiger partial charge in [-0.2, -0.15) is 5.26 Å². The van der Waals surface area contributed by atoms with Crippen molar-refractivity contribution in [1.29, 1.82) is 5.26 Å². The fraction of sp³-hybridized carbons (Fsp3) is 0.423. The van der Waals surface area contributed by atoms with Crippen LogP contribution in [0.5, 0.6) is 0 Å². The Morgan fingerprint density at radius 2 is 1.89 bits per heavy atom. The van der Waals surface area contributed by atoms with Crippen LogP contribution in [0.15, 0.2) is 47.3 Å². The van der Waals surface area contributed by atoms with E-state index in [1.54, 1.807) is 36.8 Å². The van der Waals surface area contributed by atoms with Gasteiger partial charge in [-0.25, -0.2) is 15.0 Å². The first kappa shape index (κ1) is 23.8. The molecule has 1 aliphatic heterocycles. The summed E-state index contributed by atoms with van der Waals surface area (Å²) in [7, 11) is 0. The number of amides is 1. The second-order valence-electron chi connectivity index (χ2n) is 9.45. The van der Waals surface area contributed by atoms with Crippen LogP contribution in [0.3, 0.4) is 0 Å². The number of carbonyl (C=O) groups excluding carboxylic acids is 1. The molecule has 2 fully saturated rings. The zero-order valence-corrected chi connectivity index (χ0v) is 20.1. The molecular weight excluding hydrogens is 456 g/mol. The van der Waals surface area contributed by atoms with Crippen molar-refractivity contribution >= 4 is 17.6 Å². The van der Waals surface area contributed by atoms with Gasteiger partial charge in [0.1, 0.15) is 6.07 Å². The van der Waals surface area contributed by atoms with Crippen molar-refractivity contribution in [2.24, 2.45) is 5.73 Å². The van der Waals surface area contributed by atoms with Gasteiger partial charge >= 0.3 is 0 Å². The summed E-state index contributed by atoms with van der Waals surface area (Å²) in [6, 6.07) is 10.3. The first-order valence-corrected chi connectivity index (χ1v) is 12.4. The van der Waals surface area contributed by atoms with Crippen LogP contribution in [0.1, 0.15) is 54.7 Å². The van der Waals surface area contributed by atoms with E-state index in [2.05, 4.69) is 30.5 Å². The maximum atomic E-state index is 11.5. The standard InChI is InChI=1S/C26H30N8O2/c27-12-24-29-13-20(14-30-24)34-10-4-7-19(16-34)32-21-8-1-2-9-22(21)33-26-31-15-23(36-26)17-5-3-6-18(11-17)25(28)35/h3,5-6,11,13-15,19,21-22,32H,1-2,4,7-10,16H2,(H2,28,35)(H,31,33). The number of carbonyl (C=O) groups is 1. The molecule has 186 valence electrons. The highest BCUT2D eigenvalue weighted by molar-refractivity contribution is 5.93. The van der Waals surface area contributed by atoms with Crippen molar-refractivity contribution in [3.8, 4) is 17.4 Å². The average Bonchev–Trinajstić information content (AvgIpc) is 3.39. The fourth-order valence-electron chi connectivity index (χ4n) is 5.15. The molecule has 10 nitrogen and oxygen atoms in total. The number of primary amides is 1. The van der Waals surface area contributed by atoms with E-state index in [0.29, 0.717) is 29.4 Å². The van der Waals surface area contributed by atoms with Gasteiger partial charge in [0, 0.05) is 42.3 Å². The van der Waals surface area contributed by atoms with Gasteiger partial charge in [-0.15, -0.1) is 0 Å². The van der Waals surface area contributed by atoms with E-state index < -0.39 is 5.91 Å². The van der Waals surface area contributed by atoms with E-state index in [1.807, 2.05) is 12.1 Å². The second-order valence-corrected chi connectivity index (χ2v) is 9.45. The topological polar surface area (TPSA) is 146 Å². The van der Waals surface area contributed by atoms with Gasteiger partial charge in [0.2, 0.25) is 11.7 Å². The summed E-state index contributed by atoms with van der Waals surface area (Å²) in [5.74, 6) is 0.309. The third kappa shape index (κ3) is 5.47. The molecule has 0 radical (unpaired) electrons. The molecule has 1 aliphatic carbocycles. The van der Waals surface area contributed by atoms with Crippen LogP contribution in [-0.4, -0.2) is 52.1 Å². The highest BCUT2D eigenvalue weighted by Gasteiger charge is 2.30. The Kier molecular flexibility index (Phi) is 7.09. The number of nitrogens with two attached hydrogens (primary N) is 1. The van der Waals surface area contributed by atoms with Crippen LogP contribution in [0, 0.1) is 11.3 Å². The number of nitriles is 1. The second kappa shape index (κ2) is 10.7. The van der Waals surface area contributed by atoms with Crippen LogP contribution in [0.2, 0.25) is 0 Å². The third-order valence-electron chi connectivity index (χ3n) is 6.99. The van der Waals surface area contributed by atoms with Crippen LogP contribution in [0.4, 0.5) is 11.7 Å². The number of hydrogen-bond donors (Lipinski definition) is 3. The molecule has 3 heterocycles. The lowest BCUT2D eigenvalue weighted by atomic mass is 9.89. The highest BCUT2D eigenvalue weighted by atomic mass is 16.4. The van der Waals surface area contributed by atoms with Crippen molar-refractivity contribution in [2.75, 3.05) is 23.3 Å². The van der Waals surface area contributed by atoms with Gasteiger partial charge in [-0.05, 0) is 37.8 Å². The SMILES string of the molecule is N#Cc1ncc(N2CCCC(NC3CCCCC3Nc3ncc(-c4cccc(C(N)=O)c4)o3)C2)cn1. The van der Waals surface area contributed by atoms with Gasteiger partial charge in [0.25, 0.3) is 6.01 Å². The maximum absolute atomic E-state index is 11.5. The molecule has 0 bridgehead atoms. The van der Waals surface area contributed by atoms with Gasteiger partial charge in [0.05, 0.1) is 24.3 Å². The monoisotopic (exact) mass is 486 g/mol. The van der Waals surface area contributed by atoms with E-state index in [4.69, 9.17) is 15.4 Å². The average molecular weight is 487 g/mol. The number of rotatable bonds is 7. The van der Waals surface area contributed by atoms with E-state index in [-0.39, 0.29) is 11.9 Å². The third-order valence-corrected chi connectivity index (χ3v) is 6.99. The van der Waals surface area contributed by atoms with Gasteiger partial charge in [-0.1, -0.05) is 25.0 Å². The molecule has 5 rings (SSSR count). The Labute approximate surface area is 209 Å². The molecule has 3 atom stereocenters. The lowest BCUT2D eigenvalue weighted by molar-refractivity contribution is 0.100. The first-order valence-electron chi connectivity index (χ1n) is 12.4. The Balaban J connectivity index is 1.23. The summed E-state index contributed by atoms with van der Waals surface area (Å²) in [5, 5.41) is 16.3. The molecule has 0 spiro atoms. The molecule has 1 saturated heterocycles. The van der Waals surface area contributed by atoms with Gasteiger partial charge < -0.3 is 25.7 Å². The van der Waals surface area contributed by atoms with Crippen molar-refractivity contribution in [3.63, 3.8) is 0 Å². The number of hydrogen-bond acceptors (Lipinski definition) is 9. The Bertz CT molecular complexity index is 1240. The predicted molar refractivity (Wildman–Crippen MR) is 135 cm³/mol. The van der Waals surface area contributed by atoms with Crippen molar-refractivity contribution < 1.29 is 9.21 Å². The van der Waals surface area contributed by atoms with Crippen LogP contribution >= 0.6 is 0 Å². The maximum Gasteiger partial charge on any atom is 0.295 e. The van der Waals surface area contributed by atoms with Crippen molar-refractivity contribution in [3.05, 3.63) is 54.2 Å². The smallest absolute Gasteiger partial charge is 0.295 e. The summed E-state index contributed by atoms with van der Waals surface area (Å²) in [6.07, 6.45) is 11.8. The molecule has 1 amide bonds. The van der Waals surface area contributed by atoms with E-state index >= 15 is 0 Å². The number of piperidine rings is 1. The summed E-state index contributed by atoms with van der Waals surface area (Å²) in [6.45, 7) is 1.83. The number of benzene rings is 1. The Morgan fingerprint density at radius 1 is 1.08 bits per heavy atom. The molecule has 1 saturated carbocycles. The largest absolute Gasteiger partial charge is 0.424 e.